The third-order valence-electron chi connectivity index (χ3n) is 5.82. The van der Waals surface area contributed by atoms with E-state index in [1.807, 2.05) is 15.2 Å². The summed E-state index contributed by atoms with van der Waals surface area (Å²) in [5.74, 6) is 0.126. The third-order valence-corrected chi connectivity index (χ3v) is 5.82. The van der Waals surface area contributed by atoms with Gasteiger partial charge in [-0.2, -0.15) is 0 Å². The van der Waals surface area contributed by atoms with Crippen molar-refractivity contribution in [2.45, 2.75) is 52.2 Å². The van der Waals surface area contributed by atoms with E-state index < -0.39 is 5.97 Å². The molecule has 1 aliphatic rings. The average molecular weight is 420 g/mol. The molecule has 9 heteroatoms. The second-order valence-electron chi connectivity index (χ2n) is 8.57. The summed E-state index contributed by atoms with van der Waals surface area (Å²) in [6.07, 6.45) is 7.72. The van der Waals surface area contributed by atoms with Crippen molar-refractivity contribution in [3.8, 4) is 0 Å². The zero-order chi connectivity index (χ0) is 21.7. The van der Waals surface area contributed by atoms with Crippen molar-refractivity contribution in [1.29, 1.82) is 0 Å². The van der Waals surface area contributed by atoms with Gasteiger partial charge in [0.1, 0.15) is 11.3 Å². The molecule has 0 bridgehead atoms. The minimum atomic E-state index is -1.04. The number of nitrogens with zero attached hydrogens (tertiary/aromatic N) is 6. The van der Waals surface area contributed by atoms with E-state index in [2.05, 4.69) is 23.8 Å². The molecule has 0 radical (unpaired) electrons. The average Bonchev–Trinajstić information content (AvgIpc) is 3.46. The number of rotatable bonds is 7. The van der Waals surface area contributed by atoms with Gasteiger partial charge in [0.15, 0.2) is 5.65 Å². The van der Waals surface area contributed by atoms with Crippen molar-refractivity contribution < 1.29 is 9.90 Å². The molecule has 4 aromatic rings. The van der Waals surface area contributed by atoms with Crippen LogP contribution in [0.15, 0.2) is 35.5 Å². The molecule has 1 aliphatic carbocycles. The highest BCUT2D eigenvalue weighted by molar-refractivity contribution is 5.90. The van der Waals surface area contributed by atoms with Crippen LogP contribution in [0.5, 0.6) is 0 Å². The van der Waals surface area contributed by atoms with Crippen molar-refractivity contribution >= 4 is 28.2 Å². The van der Waals surface area contributed by atoms with Crippen LogP contribution in [0, 0.1) is 5.92 Å². The van der Waals surface area contributed by atoms with Gasteiger partial charge in [0.05, 0.1) is 29.3 Å². The highest BCUT2D eigenvalue weighted by Gasteiger charge is 2.29. The Morgan fingerprint density at radius 1 is 1.23 bits per heavy atom. The molecule has 1 fully saturated rings. The Hall–Kier alpha value is -3.49. The fourth-order valence-corrected chi connectivity index (χ4v) is 4.02. The second-order valence-corrected chi connectivity index (χ2v) is 8.57. The van der Waals surface area contributed by atoms with E-state index in [0.717, 1.165) is 30.3 Å². The summed E-state index contributed by atoms with van der Waals surface area (Å²) in [4.78, 5) is 38.0. The molecule has 0 aromatic carbocycles. The Morgan fingerprint density at radius 2 is 2.03 bits per heavy atom. The Morgan fingerprint density at radius 3 is 2.74 bits per heavy atom. The smallest absolute Gasteiger partial charge is 0.337 e. The summed E-state index contributed by atoms with van der Waals surface area (Å²) < 4.78 is 5.58. The van der Waals surface area contributed by atoms with Gasteiger partial charge in [0, 0.05) is 25.0 Å². The lowest BCUT2D eigenvalue weighted by Crippen LogP contribution is -2.25. The van der Waals surface area contributed by atoms with Gasteiger partial charge in [-0.1, -0.05) is 13.8 Å². The van der Waals surface area contributed by atoms with E-state index in [1.54, 1.807) is 17.0 Å². The summed E-state index contributed by atoms with van der Waals surface area (Å²) in [6, 6.07) is 3.67. The molecule has 0 unspecified atom stereocenters. The lowest BCUT2D eigenvalue weighted by molar-refractivity contribution is 0.0696. The minimum Gasteiger partial charge on any atom is -0.478 e. The molecule has 0 aliphatic heterocycles. The molecule has 5 rings (SSSR count). The highest BCUT2D eigenvalue weighted by Crippen LogP contribution is 2.36. The first-order valence-corrected chi connectivity index (χ1v) is 10.6. The van der Waals surface area contributed by atoms with E-state index in [9.17, 15) is 14.7 Å². The zero-order valence-electron chi connectivity index (χ0n) is 17.5. The number of aromatic carboxylic acids is 1. The Bertz CT molecular complexity index is 1360. The van der Waals surface area contributed by atoms with Crippen LogP contribution >= 0.6 is 0 Å². The third kappa shape index (κ3) is 3.39. The van der Waals surface area contributed by atoms with Crippen LogP contribution in [0.25, 0.3) is 22.2 Å². The lowest BCUT2D eigenvalue weighted by Gasteiger charge is -2.11. The molecule has 9 nitrogen and oxygen atoms in total. The predicted octanol–water partition coefficient (Wildman–Crippen LogP) is 3.07. The number of fused-ring (bicyclic) bond motifs is 2. The molecule has 0 spiro atoms. The largest absolute Gasteiger partial charge is 0.478 e. The zero-order valence-corrected chi connectivity index (χ0v) is 17.5. The second kappa shape index (κ2) is 7.33. The van der Waals surface area contributed by atoms with Crippen molar-refractivity contribution in [1.82, 2.24) is 28.7 Å². The Balaban J connectivity index is 1.65. The van der Waals surface area contributed by atoms with Gasteiger partial charge in [0.25, 0.3) is 0 Å². The van der Waals surface area contributed by atoms with Crippen LogP contribution in [-0.4, -0.2) is 39.7 Å². The number of carbonyl (C=O) groups is 1. The minimum absolute atomic E-state index is 0.0628. The number of imidazole rings is 2. The summed E-state index contributed by atoms with van der Waals surface area (Å²) in [6.45, 7) is 5.26. The van der Waals surface area contributed by atoms with Gasteiger partial charge in [-0.3, -0.25) is 14.1 Å². The van der Waals surface area contributed by atoms with Gasteiger partial charge in [-0.25, -0.2) is 19.6 Å². The fourth-order valence-electron chi connectivity index (χ4n) is 4.02. The molecule has 0 saturated heterocycles. The number of aromatic nitrogens is 6. The van der Waals surface area contributed by atoms with Gasteiger partial charge in [-0.15, -0.1) is 0 Å². The van der Waals surface area contributed by atoms with Crippen LogP contribution < -0.4 is 5.69 Å². The molecular formula is C22H24N6O3. The van der Waals surface area contributed by atoms with Crippen molar-refractivity contribution in [3.63, 3.8) is 0 Å². The number of carboxylic acids is 1. The number of pyridine rings is 2. The normalized spacial score (nSPS) is 14.2. The number of hydrogen-bond acceptors (Lipinski definition) is 5. The molecular weight excluding hydrogens is 396 g/mol. The Labute approximate surface area is 178 Å². The SMILES string of the molecule is CC(C)CCn1c(Cn2c(=O)n(C3CC3)c3ccncc32)nc2cc(C(=O)O)cnc21. The van der Waals surface area contributed by atoms with Gasteiger partial charge >= 0.3 is 11.7 Å². The maximum absolute atomic E-state index is 13.3. The molecule has 4 heterocycles. The van der Waals surface area contributed by atoms with E-state index >= 15 is 0 Å². The standard InChI is InChI=1S/C22H24N6O3/c1-13(2)6-8-26-19(25-16-9-14(21(29)30)10-24-20(16)26)12-27-18-11-23-7-5-17(18)28(22(27)31)15-3-4-15/h5,7,9-11,13,15H,3-4,6,8,12H2,1-2H3,(H,29,30). The first kappa shape index (κ1) is 19.5. The summed E-state index contributed by atoms with van der Waals surface area (Å²) in [5, 5.41) is 9.32. The maximum atomic E-state index is 13.3. The van der Waals surface area contributed by atoms with Gasteiger partial charge < -0.3 is 9.67 Å². The Kier molecular flexibility index (Phi) is 4.60. The quantitative estimate of drug-likeness (QED) is 0.492. The van der Waals surface area contributed by atoms with Crippen LogP contribution in [-0.2, 0) is 13.1 Å². The van der Waals surface area contributed by atoms with E-state index in [-0.39, 0.29) is 23.8 Å². The number of carboxylic acid groups (broad SMARTS) is 1. The molecule has 1 N–H and O–H groups in total. The summed E-state index contributed by atoms with van der Waals surface area (Å²) in [7, 11) is 0. The van der Waals surface area contributed by atoms with Crippen LogP contribution in [0.2, 0.25) is 0 Å². The van der Waals surface area contributed by atoms with Crippen LogP contribution in [0.3, 0.4) is 0 Å². The topological polar surface area (TPSA) is 108 Å². The highest BCUT2D eigenvalue weighted by atomic mass is 16.4. The first-order valence-electron chi connectivity index (χ1n) is 10.6. The van der Waals surface area contributed by atoms with Crippen molar-refractivity contribution in [2.75, 3.05) is 0 Å². The van der Waals surface area contributed by atoms with Gasteiger partial charge in [0.2, 0.25) is 0 Å². The molecule has 4 aromatic heterocycles. The number of aryl methyl sites for hydroxylation is 1. The van der Waals surface area contributed by atoms with E-state index in [1.165, 1.54) is 12.3 Å². The molecule has 0 atom stereocenters. The molecule has 160 valence electrons. The first-order chi connectivity index (χ1) is 14.9. The van der Waals surface area contributed by atoms with Gasteiger partial charge in [-0.05, 0) is 37.3 Å². The van der Waals surface area contributed by atoms with E-state index in [4.69, 9.17) is 4.98 Å². The number of hydrogen-bond donors (Lipinski definition) is 1. The maximum Gasteiger partial charge on any atom is 0.337 e. The van der Waals surface area contributed by atoms with Crippen LogP contribution in [0.1, 0.15) is 55.3 Å². The van der Waals surface area contributed by atoms with E-state index in [0.29, 0.717) is 29.5 Å². The van der Waals surface area contributed by atoms with Crippen molar-refractivity contribution in [3.05, 3.63) is 52.6 Å². The molecule has 31 heavy (non-hydrogen) atoms. The molecule has 0 amide bonds. The fraction of sp³-hybridized carbons (Fsp3) is 0.409. The molecule has 1 saturated carbocycles. The predicted molar refractivity (Wildman–Crippen MR) is 115 cm³/mol. The summed E-state index contributed by atoms with van der Waals surface area (Å²) in [5.41, 5.74) is 2.86. The van der Waals surface area contributed by atoms with Crippen molar-refractivity contribution in [2.24, 2.45) is 5.92 Å². The lowest BCUT2D eigenvalue weighted by atomic mass is 10.1. The summed E-state index contributed by atoms with van der Waals surface area (Å²) >= 11 is 0. The monoisotopic (exact) mass is 420 g/mol. The van der Waals surface area contributed by atoms with Crippen LogP contribution in [0.4, 0.5) is 0 Å².